The molecule has 1 aromatic carbocycles. The molecule has 124 valence electrons. The van der Waals surface area contributed by atoms with E-state index in [1.807, 2.05) is 18.3 Å². The quantitative estimate of drug-likeness (QED) is 0.526. The Hall–Kier alpha value is -3.68. The van der Waals surface area contributed by atoms with Crippen LogP contribution < -0.4 is 10.9 Å². The minimum atomic E-state index is -0.307. The average molecular weight is 335 g/mol. The number of rotatable bonds is 4. The van der Waals surface area contributed by atoms with E-state index in [1.54, 1.807) is 24.3 Å². The number of pyridine rings is 1. The third kappa shape index (κ3) is 2.92. The summed E-state index contributed by atoms with van der Waals surface area (Å²) >= 11 is 0. The number of hydrogen-bond donors (Lipinski definition) is 3. The Kier molecular flexibility index (Phi) is 3.62. The second-order valence-corrected chi connectivity index (χ2v) is 5.39. The fourth-order valence-corrected chi connectivity index (χ4v) is 2.49. The minimum Gasteiger partial charge on any atom is -0.361 e. The van der Waals surface area contributed by atoms with Crippen LogP contribution in [0.25, 0.3) is 22.3 Å². The maximum Gasteiger partial charge on any atom is 0.259 e. The molecule has 0 saturated heterocycles. The number of nitrogens with zero attached hydrogens (tertiary/aromatic N) is 2. The van der Waals surface area contributed by atoms with Gasteiger partial charge in [0.2, 0.25) is 11.7 Å². The number of carbonyl (C=O) groups is 1. The lowest BCUT2D eigenvalue weighted by Gasteiger charge is -2.02. The highest BCUT2D eigenvalue weighted by molar-refractivity contribution is 5.97. The monoisotopic (exact) mass is 335 g/mol. The first-order valence-electron chi connectivity index (χ1n) is 7.57. The van der Waals surface area contributed by atoms with Crippen LogP contribution in [0.15, 0.2) is 58.1 Å². The van der Waals surface area contributed by atoms with Gasteiger partial charge in [-0.2, -0.15) is 4.98 Å². The summed E-state index contributed by atoms with van der Waals surface area (Å²) in [5.41, 5.74) is 1.50. The second-order valence-electron chi connectivity index (χ2n) is 5.39. The van der Waals surface area contributed by atoms with Crippen molar-refractivity contribution in [3.8, 4) is 11.4 Å². The van der Waals surface area contributed by atoms with Crippen molar-refractivity contribution in [2.75, 3.05) is 0 Å². The summed E-state index contributed by atoms with van der Waals surface area (Å²) in [6.45, 7) is 0.0712. The van der Waals surface area contributed by atoms with Crippen LogP contribution in [-0.4, -0.2) is 26.0 Å². The molecular formula is C17H13N5O3. The van der Waals surface area contributed by atoms with Gasteiger partial charge in [0.15, 0.2) is 0 Å². The predicted octanol–water partition coefficient (Wildman–Crippen LogP) is 1.84. The molecule has 0 aliphatic heterocycles. The van der Waals surface area contributed by atoms with Gasteiger partial charge in [0, 0.05) is 28.9 Å². The van der Waals surface area contributed by atoms with Gasteiger partial charge in [0.1, 0.15) is 0 Å². The first-order chi connectivity index (χ1) is 12.2. The molecule has 0 unspecified atom stereocenters. The van der Waals surface area contributed by atoms with Gasteiger partial charge < -0.3 is 19.8 Å². The number of carbonyl (C=O) groups excluding carboxylic acids is 1. The van der Waals surface area contributed by atoms with Crippen molar-refractivity contribution in [1.29, 1.82) is 0 Å². The van der Waals surface area contributed by atoms with Crippen molar-refractivity contribution in [3.63, 3.8) is 0 Å². The maximum atomic E-state index is 12.2. The normalized spacial score (nSPS) is 10.9. The summed E-state index contributed by atoms with van der Waals surface area (Å²) in [5, 5.41) is 7.45. The Morgan fingerprint density at radius 1 is 1.16 bits per heavy atom. The number of benzene rings is 1. The van der Waals surface area contributed by atoms with Crippen LogP contribution in [0.1, 0.15) is 16.2 Å². The van der Waals surface area contributed by atoms with Crippen molar-refractivity contribution in [1.82, 2.24) is 25.4 Å². The lowest BCUT2D eigenvalue weighted by Crippen LogP contribution is -2.22. The molecule has 0 bridgehead atoms. The van der Waals surface area contributed by atoms with Crippen LogP contribution >= 0.6 is 0 Å². The van der Waals surface area contributed by atoms with Crippen molar-refractivity contribution < 1.29 is 9.32 Å². The topological polar surface area (TPSA) is 117 Å². The lowest BCUT2D eigenvalue weighted by atomic mass is 10.1. The molecule has 0 spiro atoms. The smallest absolute Gasteiger partial charge is 0.259 e. The average Bonchev–Trinajstić information content (AvgIpc) is 3.28. The van der Waals surface area contributed by atoms with Gasteiger partial charge in [-0.3, -0.25) is 9.59 Å². The van der Waals surface area contributed by atoms with Crippen molar-refractivity contribution >= 4 is 16.8 Å². The van der Waals surface area contributed by atoms with Gasteiger partial charge in [-0.15, -0.1) is 0 Å². The molecule has 0 radical (unpaired) electrons. The van der Waals surface area contributed by atoms with Crippen LogP contribution in [0.4, 0.5) is 0 Å². The summed E-state index contributed by atoms with van der Waals surface area (Å²) in [5.74, 6) is 0.148. The van der Waals surface area contributed by atoms with E-state index in [0.717, 1.165) is 10.9 Å². The summed E-state index contributed by atoms with van der Waals surface area (Å²) in [6, 6.07) is 10.5. The molecule has 0 atom stereocenters. The maximum absolute atomic E-state index is 12.2. The Labute approximate surface area is 140 Å². The Bertz CT molecular complexity index is 1110. The van der Waals surface area contributed by atoms with Gasteiger partial charge in [-0.25, -0.2) is 0 Å². The molecule has 3 heterocycles. The fourth-order valence-electron chi connectivity index (χ4n) is 2.49. The Morgan fingerprint density at radius 3 is 2.96 bits per heavy atom. The number of amides is 1. The second kappa shape index (κ2) is 6.08. The standard InChI is InChI=1S/C17H13N5O3/c23-16(11-3-4-13-10(8-11)5-7-18-13)20-9-14-21-15(22-25-14)12-2-1-6-19-17(12)24/h1-8,18H,9H2,(H,19,24)(H,20,23). The van der Waals surface area contributed by atoms with E-state index in [-0.39, 0.29) is 29.7 Å². The number of aromatic nitrogens is 4. The highest BCUT2D eigenvalue weighted by Crippen LogP contribution is 2.14. The van der Waals surface area contributed by atoms with Gasteiger partial charge >= 0.3 is 0 Å². The Balaban J connectivity index is 1.47. The van der Waals surface area contributed by atoms with Gasteiger partial charge in [-0.05, 0) is 36.4 Å². The molecule has 3 N–H and O–H groups in total. The van der Waals surface area contributed by atoms with Crippen molar-refractivity contribution in [2.45, 2.75) is 6.54 Å². The van der Waals surface area contributed by atoms with E-state index in [1.165, 1.54) is 6.20 Å². The van der Waals surface area contributed by atoms with Crippen LogP contribution in [0.5, 0.6) is 0 Å². The van der Waals surface area contributed by atoms with E-state index in [2.05, 4.69) is 25.4 Å². The van der Waals surface area contributed by atoms with Gasteiger partial charge in [0.05, 0.1) is 12.1 Å². The SMILES string of the molecule is O=C(NCc1nc(-c2ccc[nH]c2=O)no1)c1ccc2[nH]ccc2c1. The molecule has 1 amide bonds. The third-order valence-electron chi connectivity index (χ3n) is 3.74. The van der Waals surface area contributed by atoms with Crippen LogP contribution in [0.3, 0.4) is 0 Å². The first kappa shape index (κ1) is 14.9. The number of H-pyrrole nitrogens is 2. The van der Waals surface area contributed by atoms with E-state index >= 15 is 0 Å². The Morgan fingerprint density at radius 2 is 2.08 bits per heavy atom. The summed E-state index contributed by atoms with van der Waals surface area (Å²) in [4.78, 5) is 33.7. The van der Waals surface area contributed by atoms with Crippen LogP contribution in [0, 0.1) is 0 Å². The number of aromatic amines is 2. The molecule has 8 heteroatoms. The molecule has 3 aromatic heterocycles. The zero-order valence-electron chi connectivity index (χ0n) is 12.9. The van der Waals surface area contributed by atoms with E-state index in [4.69, 9.17) is 4.52 Å². The summed E-state index contributed by atoms with van der Waals surface area (Å²) in [7, 11) is 0. The molecule has 0 saturated carbocycles. The van der Waals surface area contributed by atoms with Crippen LogP contribution in [0.2, 0.25) is 0 Å². The molecule has 0 aliphatic rings. The molecular weight excluding hydrogens is 322 g/mol. The summed E-state index contributed by atoms with van der Waals surface area (Å²) < 4.78 is 5.08. The van der Waals surface area contributed by atoms with Crippen LogP contribution in [-0.2, 0) is 6.54 Å². The summed E-state index contributed by atoms with van der Waals surface area (Å²) in [6.07, 6.45) is 3.34. The van der Waals surface area contributed by atoms with E-state index < -0.39 is 0 Å². The molecule has 8 nitrogen and oxygen atoms in total. The third-order valence-corrected chi connectivity index (χ3v) is 3.74. The number of fused-ring (bicyclic) bond motifs is 1. The molecule has 0 fully saturated rings. The highest BCUT2D eigenvalue weighted by atomic mass is 16.5. The van der Waals surface area contributed by atoms with E-state index in [0.29, 0.717) is 11.1 Å². The molecule has 25 heavy (non-hydrogen) atoms. The predicted molar refractivity (Wildman–Crippen MR) is 89.8 cm³/mol. The minimum absolute atomic E-state index is 0.0712. The fraction of sp³-hybridized carbons (Fsp3) is 0.0588. The highest BCUT2D eigenvalue weighted by Gasteiger charge is 2.13. The molecule has 0 aliphatic carbocycles. The van der Waals surface area contributed by atoms with Gasteiger partial charge in [-0.1, -0.05) is 5.16 Å². The zero-order valence-corrected chi connectivity index (χ0v) is 12.9. The van der Waals surface area contributed by atoms with E-state index in [9.17, 15) is 9.59 Å². The van der Waals surface area contributed by atoms with Gasteiger partial charge in [0.25, 0.3) is 11.5 Å². The zero-order chi connectivity index (χ0) is 17.2. The van der Waals surface area contributed by atoms with Crippen molar-refractivity contribution in [2.24, 2.45) is 0 Å². The number of hydrogen-bond acceptors (Lipinski definition) is 5. The van der Waals surface area contributed by atoms with Crippen molar-refractivity contribution in [3.05, 3.63) is 70.6 Å². The largest absolute Gasteiger partial charge is 0.361 e. The number of nitrogens with one attached hydrogen (secondary N) is 3. The first-order valence-corrected chi connectivity index (χ1v) is 7.57. The molecule has 4 rings (SSSR count). The lowest BCUT2D eigenvalue weighted by molar-refractivity contribution is 0.0946. The molecule has 4 aromatic rings.